The number of anilines is 2. The molecular formula is C10H16FN5O2. The van der Waals surface area contributed by atoms with Crippen LogP contribution in [0.5, 0.6) is 0 Å². The Morgan fingerprint density at radius 3 is 3.11 bits per heavy atom. The predicted molar refractivity (Wildman–Crippen MR) is 63.4 cm³/mol. The molecule has 0 aliphatic carbocycles. The summed E-state index contributed by atoms with van der Waals surface area (Å²) >= 11 is 0. The van der Waals surface area contributed by atoms with Crippen LogP contribution >= 0.6 is 0 Å². The van der Waals surface area contributed by atoms with Crippen molar-refractivity contribution >= 4 is 11.8 Å². The summed E-state index contributed by atoms with van der Waals surface area (Å²) in [7, 11) is 0. The molecule has 1 aliphatic rings. The second kappa shape index (κ2) is 5.42. The van der Waals surface area contributed by atoms with Crippen molar-refractivity contribution in [1.29, 1.82) is 0 Å². The molecule has 0 saturated carbocycles. The smallest absolute Gasteiger partial charge is 0.239 e. The number of halogens is 1. The molecule has 0 bridgehead atoms. The molecule has 2 atom stereocenters. The van der Waals surface area contributed by atoms with Crippen LogP contribution < -0.4 is 16.2 Å². The summed E-state index contributed by atoms with van der Waals surface area (Å²) in [6.45, 7) is 2.61. The van der Waals surface area contributed by atoms with Crippen LogP contribution in [0.1, 0.15) is 6.92 Å². The fourth-order valence-electron chi connectivity index (χ4n) is 1.97. The monoisotopic (exact) mass is 257 g/mol. The van der Waals surface area contributed by atoms with Crippen molar-refractivity contribution in [3.05, 3.63) is 12.0 Å². The number of nitrogens with one attached hydrogen (secondary N) is 1. The van der Waals surface area contributed by atoms with E-state index in [2.05, 4.69) is 15.4 Å². The summed E-state index contributed by atoms with van der Waals surface area (Å²) in [5.74, 6) is 4.97. The second-order valence-electron chi connectivity index (χ2n) is 4.17. The van der Waals surface area contributed by atoms with Gasteiger partial charge in [-0.2, -0.15) is 4.98 Å². The van der Waals surface area contributed by atoms with Gasteiger partial charge in [-0.05, 0) is 6.92 Å². The van der Waals surface area contributed by atoms with E-state index < -0.39 is 5.82 Å². The molecule has 8 heteroatoms. The number of aliphatic hydroxyl groups is 1. The fraction of sp³-hybridized carbons (Fsp3) is 0.600. The van der Waals surface area contributed by atoms with Gasteiger partial charge in [0.25, 0.3) is 0 Å². The van der Waals surface area contributed by atoms with Gasteiger partial charge < -0.3 is 14.7 Å². The summed E-state index contributed by atoms with van der Waals surface area (Å²) in [6.07, 6.45) is 0.600. The highest BCUT2D eigenvalue weighted by Crippen LogP contribution is 2.21. The number of nitrogens with two attached hydrogens (primary N) is 1. The summed E-state index contributed by atoms with van der Waals surface area (Å²) in [6, 6.07) is 0. The molecule has 2 rings (SSSR count). The lowest BCUT2D eigenvalue weighted by Crippen LogP contribution is -2.48. The predicted octanol–water partition coefficient (Wildman–Crippen LogP) is -0.513. The zero-order valence-corrected chi connectivity index (χ0v) is 10.0. The fourth-order valence-corrected chi connectivity index (χ4v) is 1.97. The van der Waals surface area contributed by atoms with Crippen LogP contribution in [0.25, 0.3) is 0 Å². The van der Waals surface area contributed by atoms with Crippen LogP contribution in [0.2, 0.25) is 0 Å². The number of ether oxygens (including phenoxy) is 1. The van der Waals surface area contributed by atoms with E-state index >= 15 is 0 Å². The molecular weight excluding hydrogens is 241 g/mol. The van der Waals surface area contributed by atoms with Crippen LogP contribution in [0.4, 0.5) is 16.2 Å². The Morgan fingerprint density at radius 2 is 2.44 bits per heavy atom. The van der Waals surface area contributed by atoms with E-state index in [1.807, 2.05) is 6.92 Å². The first-order chi connectivity index (χ1) is 8.63. The maximum atomic E-state index is 13.7. The molecule has 7 nitrogen and oxygen atoms in total. The Morgan fingerprint density at radius 1 is 1.67 bits per heavy atom. The third kappa shape index (κ3) is 2.66. The average Bonchev–Trinajstić information content (AvgIpc) is 2.38. The Hall–Kier alpha value is -1.51. The van der Waals surface area contributed by atoms with E-state index in [1.165, 1.54) is 0 Å². The number of hydrazine groups is 1. The number of hydrogen-bond donors (Lipinski definition) is 3. The third-order valence-corrected chi connectivity index (χ3v) is 2.68. The molecule has 2 heterocycles. The summed E-state index contributed by atoms with van der Waals surface area (Å²) in [5.41, 5.74) is 2.27. The number of morpholine rings is 1. The molecule has 1 saturated heterocycles. The molecule has 100 valence electrons. The standard InChI is InChI=1S/C10H16FN5O2/c1-6-3-16(4-7(5-17)18-6)9-8(11)2-13-10(14-9)15-12/h2,6-7,17H,3-5,12H2,1H3,(H,13,14,15). The molecule has 0 amide bonds. The van der Waals surface area contributed by atoms with Crippen LogP contribution in [-0.2, 0) is 4.74 Å². The number of aliphatic hydroxyl groups excluding tert-OH is 1. The first-order valence-electron chi connectivity index (χ1n) is 5.64. The highest BCUT2D eigenvalue weighted by atomic mass is 19.1. The van der Waals surface area contributed by atoms with E-state index in [1.54, 1.807) is 4.90 Å². The van der Waals surface area contributed by atoms with E-state index in [-0.39, 0.29) is 30.6 Å². The van der Waals surface area contributed by atoms with Crippen molar-refractivity contribution in [2.75, 3.05) is 30.0 Å². The van der Waals surface area contributed by atoms with Crippen LogP contribution in [-0.4, -0.2) is 47.0 Å². The molecule has 1 aliphatic heterocycles. The normalized spacial score (nSPS) is 24.1. The van der Waals surface area contributed by atoms with Crippen LogP contribution in [0, 0.1) is 5.82 Å². The minimum atomic E-state index is -0.528. The van der Waals surface area contributed by atoms with Crippen LogP contribution in [0.3, 0.4) is 0 Å². The number of nitrogens with zero attached hydrogens (tertiary/aromatic N) is 3. The largest absolute Gasteiger partial charge is 0.394 e. The lowest BCUT2D eigenvalue weighted by atomic mass is 10.2. The van der Waals surface area contributed by atoms with Crippen molar-refractivity contribution in [1.82, 2.24) is 9.97 Å². The van der Waals surface area contributed by atoms with E-state index in [0.717, 1.165) is 6.20 Å². The number of rotatable bonds is 3. The number of nitrogen functional groups attached to an aromatic ring is 1. The lowest BCUT2D eigenvalue weighted by molar-refractivity contribution is -0.0424. The van der Waals surface area contributed by atoms with Crippen molar-refractivity contribution in [2.24, 2.45) is 5.84 Å². The van der Waals surface area contributed by atoms with Crippen molar-refractivity contribution in [2.45, 2.75) is 19.1 Å². The Labute approximate surface area is 104 Å². The van der Waals surface area contributed by atoms with Crippen LogP contribution in [0.15, 0.2) is 6.20 Å². The van der Waals surface area contributed by atoms with Gasteiger partial charge in [0.1, 0.15) is 0 Å². The topological polar surface area (TPSA) is 96.5 Å². The van der Waals surface area contributed by atoms with Gasteiger partial charge in [-0.1, -0.05) is 0 Å². The summed E-state index contributed by atoms with van der Waals surface area (Å²) in [5, 5.41) is 9.13. The third-order valence-electron chi connectivity index (χ3n) is 2.68. The molecule has 18 heavy (non-hydrogen) atoms. The van der Waals surface area contributed by atoms with Gasteiger partial charge in [-0.15, -0.1) is 0 Å². The van der Waals surface area contributed by atoms with Gasteiger partial charge >= 0.3 is 0 Å². The highest BCUT2D eigenvalue weighted by Gasteiger charge is 2.27. The molecule has 0 radical (unpaired) electrons. The maximum Gasteiger partial charge on any atom is 0.239 e. The van der Waals surface area contributed by atoms with Crippen molar-refractivity contribution < 1.29 is 14.2 Å². The van der Waals surface area contributed by atoms with E-state index in [9.17, 15) is 4.39 Å². The first-order valence-corrected chi connectivity index (χ1v) is 5.64. The zero-order valence-electron chi connectivity index (χ0n) is 10.0. The van der Waals surface area contributed by atoms with E-state index in [0.29, 0.717) is 13.1 Å². The maximum absolute atomic E-state index is 13.7. The van der Waals surface area contributed by atoms with Gasteiger partial charge in [0.05, 0.1) is 25.0 Å². The molecule has 0 spiro atoms. The minimum absolute atomic E-state index is 0.112. The lowest BCUT2D eigenvalue weighted by Gasteiger charge is -2.36. The molecule has 1 fully saturated rings. The average molecular weight is 257 g/mol. The number of hydrogen-bond acceptors (Lipinski definition) is 7. The summed E-state index contributed by atoms with van der Waals surface area (Å²) in [4.78, 5) is 9.38. The van der Waals surface area contributed by atoms with Gasteiger partial charge in [0, 0.05) is 13.1 Å². The Kier molecular flexibility index (Phi) is 3.90. The quantitative estimate of drug-likeness (QED) is 0.495. The van der Waals surface area contributed by atoms with Crippen molar-refractivity contribution in [3.63, 3.8) is 0 Å². The van der Waals surface area contributed by atoms with Gasteiger partial charge in [0.2, 0.25) is 5.95 Å². The molecule has 1 aromatic heterocycles. The number of aromatic nitrogens is 2. The van der Waals surface area contributed by atoms with Gasteiger partial charge in [-0.3, -0.25) is 5.43 Å². The van der Waals surface area contributed by atoms with Gasteiger partial charge in [-0.25, -0.2) is 15.2 Å². The molecule has 2 unspecified atom stereocenters. The minimum Gasteiger partial charge on any atom is -0.394 e. The summed E-state index contributed by atoms with van der Waals surface area (Å²) < 4.78 is 19.2. The molecule has 4 N–H and O–H groups in total. The Balaban J connectivity index is 2.24. The Bertz CT molecular complexity index is 419. The highest BCUT2D eigenvalue weighted by molar-refractivity contribution is 5.44. The first kappa shape index (κ1) is 12.9. The SMILES string of the molecule is CC1CN(c2nc(NN)ncc2F)CC(CO)O1. The van der Waals surface area contributed by atoms with Gasteiger partial charge in [0.15, 0.2) is 11.6 Å². The molecule has 1 aromatic rings. The molecule has 0 aromatic carbocycles. The zero-order chi connectivity index (χ0) is 13.1. The van der Waals surface area contributed by atoms with E-state index in [4.69, 9.17) is 15.7 Å². The second-order valence-corrected chi connectivity index (χ2v) is 4.17. The van der Waals surface area contributed by atoms with Crippen molar-refractivity contribution in [3.8, 4) is 0 Å².